The third-order valence-electron chi connectivity index (χ3n) is 5.15. The minimum atomic E-state index is -1.67. The van der Waals surface area contributed by atoms with Gasteiger partial charge >= 0.3 is 11.9 Å². The molecule has 3 amide bonds. The molecule has 1 rings (SSSR count). The van der Waals surface area contributed by atoms with Crippen molar-refractivity contribution in [2.75, 3.05) is 20.1 Å². The van der Waals surface area contributed by atoms with Crippen molar-refractivity contribution in [1.82, 2.24) is 15.5 Å². The first kappa shape index (κ1) is 28.5. The van der Waals surface area contributed by atoms with E-state index in [9.17, 15) is 29.1 Å². The molecule has 0 saturated heterocycles. The van der Waals surface area contributed by atoms with Crippen LogP contribution in [0.25, 0.3) is 0 Å². The van der Waals surface area contributed by atoms with Gasteiger partial charge in [-0.2, -0.15) is 0 Å². The normalized spacial score (nSPS) is 13.3. The van der Waals surface area contributed by atoms with Gasteiger partial charge in [0, 0.05) is 13.5 Å². The van der Waals surface area contributed by atoms with E-state index in [2.05, 4.69) is 10.6 Å². The number of nitrogens with zero attached hydrogens (tertiary/aromatic N) is 1. The third kappa shape index (κ3) is 9.96. The first-order chi connectivity index (χ1) is 16.1. The summed E-state index contributed by atoms with van der Waals surface area (Å²) in [4.78, 5) is 61.2. The van der Waals surface area contributed by atoms with E-state index in [1.807, 2.05) is 0 Å². The van der Waals surface area contributed by atoms with Gasteiger partial charge in [-0.3, -0.25) is 19.2 Å². The third-order valence-corrected chi connectivity index (χ3v) is 5.15. The number of carbonyl (C=O) groups excluding carboxylic acids is 3. The van der Waals surface area contributed by atoms with Crippen molar-refractivity contribution < 1.29 is 34.2 Å². The van der Waals surface area contributed by atoms with Crippen LogP contribution in [-0.4, -0.2) is 83.0 Å². The lowest BCUT2D eigenvalue weighted by Crippen LogP contribution is -2.55. The van der Waals surface area contributed by atoms with Gasteiger partial charge in [0.25, 0.3) is 0 Å². The van der Waals surface area contributed by atoms with E-state index in [-0.39, 0.29) is 6.42 Å². The number of aliphatic carboxylic acids is 2. The molecule has 1 aromatic rings. The average molecular weight is 480 g/mol. The highest BCUT2D eigenvalue weighted by molar-refractivity contribution is 5.93. The maximum Gasteiger partial charge on any atom is 0.326 e. The zero-order valence-electron chi connectivity index (χ0n) is 19.1. The fourth-order valence-electron chi connectivity index (χ4n) is 3.12. The van der Waals surface area contributed by atoms with Gasteiger partial charge in [0.1, 0.15) is 12.1 Å². The summed E-state index contributed by atoms with van der Waals surface area (Å²) in [5.41, 5.74) is 11.9. The average Bonchev–Trinajstić information content (AvgIpc) is 2.80. The highest BCUT2D eigenvalue weighted by Gasteiger charge is 2.31. The van der Waals surface area contributed by atoms with Crippen LogP contribution in [0.2, 0.25) is 0 Å². The van der Waals surface area contributed by atoms with Crippen LogP contribution >= 0.6 is 0 Å². The van der Waals surface area contributed by atoms with E-state index in [4.69, 9.17) is 16.6 Å². The van der Waals surface area contributed by atoms with E-state index in [0.717, 1.165) is 11.3 Å². The molecule has 0 aromatic heterocycles. The molecule has 0 radical (unpaired) electrons. The number of nitrogens with one attached hydrogen (secondary N) is 2. The van der Waals surface area contributed by atoms with E-state index >= 15 is 0 Å². The Morgan fingerprint density at radius 3 is 2.24 bits per heavy atom. The number of unbranched alkanes of at least 4 members (excludes halogenated alkanes) is 1. The Labute approximate surface area is 197 Å². The lowest BCUT2D eigenvalue weighted by Gasteiger charge is -2.29. The Morgan fingerprint density at radius 2 is 1.68 bits per heavy atom. The predicted molar refractivity (Wildman–Crippen MR) is 122 cm³/mol. The zero-order chi connectivity index (χ0) is 25.7. The van der Waals surface area contributed by atoms with Crippen LogP contribution in [0.1, 0.15) is 31.2 Å². The molecule has 0 bridgehead atoms. The molecule has 0 aliphatic heterocycles. The van der Waals surface area contributed by atoms with Gasteiger partial charge in [-0.15, -0.1) is 0 Å². The number of amides is 3. The number of benzene rings is 1. The number of carboxylic acid groups (broad SMARTS) is 2. The molecule has 3 atom stereocenters. The fraction of sp³-hybridized carbons (Fsp3) is 0.500. The molecule has 0 aliphatic rings. The molecule has 0 heterocycles. The number of hydrogen-bond acceptors (Lipinski definition) is 7. The number of carbonyl (C=O) groups is 5. The topological polar surface area (TPSA) is 205 Å². The Hall–Kier alpha value is -3.51. The van der Waals surface area contributed by atoms with Crippen LogP contribution in [0.3, 0.4) is 0 Å². The predicted octanol–water partition coefficient (Wildman–Crippen LogP) is -1.33. The Morgan fingerprint density at radius 1 is 1.03 bits per heavy atom. The number of likely N-dealkylation sites (N-methyl/N-ethyl adjacent to an activating group) is 1. The van der Waals surface area contributed by atoms with Crippen LogP contribution in [0, 0.1) is 0 Å². The Balaban J connectivity index is 2.90. The Kier molecular flexibility index (Phi) is 12.2. The summed E-state index contributed by atoms with van der Waals surface area (Å²) in [5.74, 6) is -4.88. The number of carboxylic acids is 2. The highest BCUT2D eigenvalue weighted by atomic mass is 16.4. The summed E-state index contributed by atoms with van der Waals surface area (Å²) in [6, 6.07) is 5.08. The maximum atomic E-state index is 12.9. The number of rotatable bonds is 15. The largest absolute Gasteiger partial charge is 0.481 e. The smallest absolute Gasteiger partial charge is 0.326 e. The number of nitrogens with two attached hydrogens (primary N) is 2. The molecule has 0 unspecified atom stereocenters. The maximum absolute atomic E-state index is 12.9. The lowest BCUT2D eigenvalue weighted by atomic mass is 10.0. The minimum Gasteiger partial charge on any atom is -0.481 e. The van der Waals surface area contributed by atoms with Gasteiger partial charge in [0.15, 0.2) is 0 Å². The van der Waals surface area contributed by atoms with E-state index < -0.39 is 60.8 Å². The van der Waals surface area contributed by atoms with Crippen LogP contribution in [0.5, 0.6) is 0 Å². The second kappa shape index (κ2) is 14.6. The van der Waals surface area contributed by atoms with Crippen LogP contribution in [0.15, 0.2) is 30.3 Å². The lowest BCUT2D eigenvalue weighted by molar-refractivity contribution is -0.148. The van der Waals surface area contributed by atoms with Crippen molar-refractivity contribution in [2.45, 2.75) is 50.2 Å². The summed E-state index contributed by atoms with van der Waals surface area (Å²) in [6.07, 6.45) is 1.01. The molecular weight excluding hydrogens is 446 g/mol. The minimum absolute atomic E-state index is 0.0425. The van der Waals surface area contributed by atoms with E-state index in [1.165, 1.54) is 7.05 Å². The quantitative estimate of drug-likeness (QED) is 0.165. The molecule has 34 heavy (non-hydrogen) atoms. The standard InChI is InChI=1S/C22H33N5O7/c1-27(18(28)13-25-20(31)15(24)9-5-6-10-23)17(11-14-7-3-2-4-8-14)21(32)26-16(22(33)34)12-19(29)30/h2-4,7-8,15-17H,5-6,9-13,23-24H2,1H3,(H,25,31)(H,26,32)(H,29,30)(H,33,34)/t15-,16+,17-/m0/s1. The van der Waals surface area contributed by atoms with Gasteiger partial charge in [0.2, 0.25) is 17.7 Å². The summed E-state index contributed by atoms with van der Waals surface area (Å²) in [6.45, 7) is 0.0632. The second-order valence-electron chi connectivity index (χ2n) is 7.82. The van der Waals surface area contributed by atoms with Crippen molar-refractivity contribution in [3.05, 3.63) is 35.9 Å². The van der Waals surface area contributed by atoms with Crippen molar-refractivity contribution in [1.29, 1.82) is 0 Å². The van der Waals surface area contributed by atoms with Gasteiger partial charge < -0.3 is 37.2 Å². The first-order valence-electron chi connectivity index (χ1n) is 10.8. The zero-order valence-corrected chi connectivity index (χ0v) is 19.1. The van der Waals surface area contributed by atoms with Crippen molar-refractivity contribution in [3.63, 3.8) is 0 Å². The molecule has 0 spiro atoms. The van der Waals surface area contributed by atoms with Crippen LogP contribution < -0.4 is 22.1 Å². The van der Waals surface area contributed by atoms with Crippen LogP contribution in [0.4, 0.5) is 0 Å². The summed E-state index contributed by atoms with van der Waals surface area (Å²) in [5, 5.41) is 22.8. The number of hydrogen-bond donors (Lipinski definition) is 6. The van der Waals surface area contributed by atoms with E-state index in [0.29, 0.717) is 24.9 Å². The highest BCUT2D eigenvalue weighted by Crippen LogP contribution is 2.10. The van der Waals surface area contributed by atoms with Gasteiger partial charge in [-0.05, 0) is 24.9 Å². The molecule has 188 valence electrons. The van der Waals surface area contributed by atoms with Crippen molar-refractivity contribution in [3.8, 4) is 0 Å². The van der Waals surface area contributed by atoms with Crippen LogP contribution in [-0.2, 0) is 30.4 Å². The molecule has 1 aromatic carbocycles. The van der Waals surface area contributed by atoms with Gasteiger partial charge in [-0.1, -0.05) is 36.8 Å². The van der Waals surface area contributed by atoms with Crippen molar-refractivity contribution in [2.24, 2.45) is 11.5 Å². The summed E-state index contributed by atoms with van der Waals surface area (Å²) < 4.78 is 0. The Bertz CT molecular complexity index is 849. The molecule has 12 nitrogen and oxygen atoms in total. The summed E-state index contributed by atoms with van der Waals surface area (Å²) >= 11 is 0. The van der Waals surface area contributed by atoms with E-state index in [1.54, 1.807) is 30.3 Å². The molecule has 8 N–H and O–H groups in total. The van der Waals surface area contributed by atoms with Crippen molar-refractivity contribution >= 4 is 29.7 Å². The summed E-state index contributed by atoms with van der Waals surface area (Å²) in [7, 11) is 1.34. The monoisotopic (exact) mass is 479 g/mol. The molecule has 0 fully saturated rings. The molecule has 0 aliphatic carbocycles. The molecule has 0 saturated carbocycles. The van der Waals surface area contributed by atoms with Gasteiger partial charge in [-0.25, -0.2) is 4.79 Å². The second-order valence-corrected chi connectivity index (χ2v) is 7.82. The molecular formula is C22H33N5O7. The fourth-order valence-corrected chi connectivity index (χ4v) is 3.12. The van der Waals surface area contributed by atoms with Gasteiger partial charge in [0.05, 0.1) is 19.0 Å². The molecule has 12 heteroatoms. The first-order valence-corrected chi connectivity index (χ1v) is 10.8. The SMILES string of the molecule is CN(C(=O)CNC(=O)[C@@H](N)CCCCN)[C@@H](Cc1ccccc1)C(=O)N[C@H](CC(=O)O)C(=O)O.